The number of anilines is 4. The lowest BCUT2D eigenvalue weighted by Crippen LogP contribution is -2.48. The third-order valence-corrected chi connectivity index (χ3v) is 9.71. The van der Waals surface area contributed by atoms with E-state index in [1.54, 1.807) is 6.20 Å². The van der Waals surface area contributed by atoms with Crippen molar-refractivity contribution in [3.8, 4) is 0 Å². The maximum Gasteiger partial charge on any atom is 0.349 e. The van der Waals surface area contributed by atoms with E-state index in [0.29, 0.717) is 5.92 Å². The van der Waals surface area contributed by atoms with Crippen LogP contribution in [0.1, 0.15) is 61.6 Å². The highest BCUT2D eigenvalue weighted by Crippen LogP contribution is 2.40. The molecule has 0 spiro atoms. The minimum absolute atomic E-state index is 0.0467. The van der Waals surface area contributed by atoms with E-state index in [4.69, 9.17) is 5.10 Å². The number of H-pyrrole nitrogens is 1. The van der Waals surface area contributed by atoms with Crippen LogP contribution in [-0.4, -0.2) is 57.8 Å². The highest BCUT2D eigenvalue weighted by atomic mass is 16.2. The minimum Gasteiger partial charge on any atom is -0.331 e. The van der Waals surface area contributed by atoms with Crippen LogP contribution in [0.2, 0.25) is 0 Å². The molecule has 3 aromatic carbocycles. The van der Waals surface area contributed by atoms with E-state index in [9.17, 15) is 4.79 Å². The summed E-state index contributed by atoms with van der Waals surface area (Å²) in [5.41, 5.74) is 7.39. The van der Waals surface area contributed by atoms with Crippen molar-refractivity contribution in [1.82, 2.24) is 19.9 Å². The molecule has 8 nitrogen and oxygen atoms in total. The maximum atomic E-state index is 14.8. The highest BCUT2D eigenvalue weighted by Gasteiger charge is 2.38. The van der Waals surface area contributed by atoms with Gasteiger partial charge in [0.15, 0.2) is 0 Å². The van der Waals surface area contributed by atoms with Crippen molar-refractivity contribution in [3.05, 3.63) is 102 Å². The summed E-state index contributed by atoms with van der Waals surface area (Å²) in [7, 11) is 1.99. The number of nitrogens with one attached hydrogen (secondary N) is 1. The van der Waals surface area contributed by atoms with E-state index in [1.807, 2.05) is 40.2 Å². The first-order valence-corrected chi connectivity index (χ1v) is 16.5. The van der Waals surface area contributed by atoms with Gasteiger partial charge in [0.1, 0.15) is 0 Å². The second kappa shape index (κ2) is 12.9. The molecule has 4 aromatic rings. The maximum absolute atomic E-state index is 14.8. The van der Waals surface area contributed by atoms with Gasteiger partial charge in [0.05, 0.1) is 23.1 Å². The number of hydrogen-bond acceptors (Lipinski definition) is 5. The summed E-state index contributed by atoms with van der Waals surface area (Å²) >= 11 is 0. The number of aryl methyl sites for hydroxylation is 1. The Morgan fingerprint density at radius 3 is 2.38 bits per heavy atom. The fraction of sp³-hybridized carbons (Fsp3) is 0.378. The first-order valence-electron chi connectivity index (χ1n) is 16.5. The number of rotatable bonds is 7. The lowest BCUT2D eigenvalue weighted by atomic mass is 9.82. The van der Waals surface area contributed by atoms with Crippen molar-refractivity contribution in [1.29, 1.82) is 0 Å². The van der Waals surface area contributed by atoms with E-state index in [2.05, 4.69) is 82.5 Å². The summed E-state index contributed by atoms with van der Waals surface area (Å²) in [6, 6.07) is 25.4. The number of hydrogen-bond donors (Lipinski definition) is 1. The van der Waals surface area contributed by atoms with Crippen molar-refractivity contribution >= 4 is 34.8 Å². The Bertz CT molecular complexity index is 1620. The predicted octanol–water partition coefficient (Wildman–Crippen LogP) is 8.01. The van der Waals surface area contributed by atoms with Gasteiger partial charge in [-0.1, -0.05) is 61.7 Å². The number of carbonyl (C=O) groups excluding carboxylic acids is 1. The number of fused-ring (bicyclic) bond motifs is 1. The number of aromatic nitrogens is 2. The standard InChI is InChI=1S/C37H43N7O/c1-27-13-18-33-34(25-27)43(31-16-14-30(15-17-31)41(2)36-38-21-22-39-36)37(45)44(40-35(33)29-11-7-4-8-12-29)32-19-23-42(24-20-32)26-28-9-5-3-6-10-28/h3,5-6,9-10,13-18,21-22,25,29,32H,4,7-8,11-12,19-20,23-24,26H2,1-2H3,(H,38,39). The summed E-state index contributed by atoms with van der Waals surface area (Å²) in [6.45, 7) is 4.93. The average Bonchev–Trinajstić information content (AvgIpc) is 3.59. The zero-order valence-electron chi connectivity index (χ0n) is 26.4. The number of aromatic amines is 1. The molecule has 3 heterocycles. The van der Waals surface area contributed by atoms with Gasteiger partial charge in [0.2, 0.25) is 5.95 Å². The average molecular weight is 602 g/mol. The fourth-order valence-electron chi connectivity index (χ4n) is 7.18. The van der Waals surface area contributed by atoms with Gasteiger partial charge in [-0.2, -0.15) is 5.10 Å². The Kier molecular flexibility index (Phi) is 8.39. The smallest absolute Gasteiger partial charge is 0.331 e. The second-order valence-electron chi connectivity index (χ2n) is 12.8. The number of benzene rings is 3. The lowest BCUT2D eigenvalue weighted by Gasteiger charge is -2.37. The molecule has 1 saturated heterocycles. The molecule has 2 fully saturated rings. The molecule has 2 amide bonds. The topological polar surface area (TPSA) is 71.1 Å². The second-order valence-corrected chi connectivity index (χ2v) is 12.8. The molecule has 232 valence electrons. The van der Waals surface area contributed by atoms with Crippen molar-refractivity contribution in [3.63, 3.8) is 0 Å². The number of urea groups is 1. The molecule has 0 atom stereocenters. The number of nitrogens with zero attached hydrogens (tertiary/aromatic N) is 6. The molecule has 1 aliphatic carbocycles. The first-order chi connectivity index (χ1) is 22.0. The van der Waals surface area contributed by atoms with Gasteiger partial charge >= 0.3 is 6.03 Å². The van der Waals surface area contributed by atoms with Gasteiger partial charge in [-0.15, -0.1) is 0 Å². The Morgan fingerprint density at radius 1 is 0.911 bits per heavy atom. The van der Waals surface area contributed by atoms with Crippen LogP contribution >= 0.6 is 0 Å². The molecule has 0 bridgehead atoms. The van der Waals surface area contributed by atoms with E-state index in [1.165, 1.54) is 24.8 Å². The number of amides is 2. The van der Waals surface area contributed by atoms with Crippen LogP contribution < -0.4 is 9.80 Å². The molecule has 0 radical (unpaired) electrons. The predicted molar refractivity (Wildman–Crippen MR) is 181 cm³/mol. The van der Waals surface area contributed by atoms with E-state index in [-0.39, 0.29) is 12.1 Å². The molecule has 7 rings (SSSR count). The Hall–Kier alpha value is -4.43. The monoisotopic (exact) mass is 601 g/mol. The van der Waals surface area contributed by atoms with E-state index < -0.39 is 0 Å². The SMILES string of the molecule is Cc1ccc2c(c1)N(c1ccc(N(C)c3ncc[nH]3)cc1)C(=O)N(C1CCN(Cc3ccccc3)CC1)N=C2C1CCCCC1. The van der Waals surface area contributed by atoms with Crippen molar-refractivity contribution in [2.24, 2.45) is 11.0 Å². The van der Waals surface area contributed by atoms with E-state index in [0.717, 1.165) is 85.2 Å². The lowest BCUT2D eigenvalue weighted by molar-refractivity contribution is 0.123. The highest BCUT2D eigenvalue weighted by molar-refractivity contribution is 6.14. The fourth-order valence-corrected chi connectivity index (χ4v) is 7.18. The number of carbonyl (C=O) groups is 1. The number of imidazole rings is 1. The molecule has 8 heteroatoms. The number of likely N-dealkylation sites (tertiary alicyclic amines) is 1. The quantitative estimate of drug-likeness (QED) is 0.233. The van der Waals surface area contributed by atoms with Gasteiger partial charge in [0.25, 0.3) is 0 Å². The zero-order chi connectivity index (χ0) is 30.8. The van der Waals surface area contributed by atoms with Gasteiger partial charge in [0, 0.05) is 56.2 Å². The largest absolute Gasteiger partial charge is 0.349 e. The van der Waals surface area contributed by atoms with Gasteiger partial charge < -0.3 is 9.88 Å². The number of hydrazone groups is 1. The van der Waals surface area contributed by atoms with Crippen molar-refractivity contribution in [2.45, 2.75) is 64.5 Å². The Labute approximate surface area is 266 Å². The molecule has 3 aliphatic rings. The number of piperidine rings is 1. The normalized spacial score (nSPS) is 18.4. The molecular weight excluding hydrogens is 558 g/mol. The molecule has 2 aliphatic heterocycles. The molecule has 1 N–H and O–H groups in total. The van der Waals surface area contributed by atoms with Crippen molar-refractivity contribution < 1.29 is 4.79 Å². The van der Waals surface area contributed by atoms with Crippen LogP contribution in [0.4, 0.5) is 27.8 Å². The van der Waals surface area contributed by atoms with Gasteiger partial charge in [-0.25, -0.2) is 14.8 Å². The summed E-state index contributed by atoms with van der Waals surface area (Å²) in [4.78, 5) is 28.8. The zero-order valence-corrected chi connectivity index (χ0v) is 26.4. The summed E-state index contributed by atoms with van der Waals surface area (Å²) in [5.74, 6) is 1.13. The molecule has 1 saturated carbocycles. The van der Waals surface area contributed by atoms with Crippen LogP contribution in [0, 0.1) is 12.8 Å². The summed E-state index contributed by atoms with van der Waals surface area (Å²) in [5, 5.41) is 7.22. The van der Waals surface area contributed by atoms with Crippen LogP contribution in [0.15, 0.2) is 90.3 Å². The molecule has 1 aromatic heterocycles. The van der Waals surface area contributed by atoms with Crippen LogP contribution in [0.25, 0.3) is 0 Å². The first kappa shape index (κ1) is 29.3. The van der Waals surface area contributed by atoms with E-state index >= 15 is 0 Å². The van der Waals surface area contributed by atoms with Crippen LogP contribution in [0.5, 0.6) is 0 Å². The van der Waals surface area contributed by atoms with Crippen LogP contribution in [-0.2, 0) is 6.54 Å². The Morgan fingerprint density at radius 2 is 1.67 bits per heavy atom. The molecule has 0 unspecified atom stereocenters. The Balaban J connectivity index is 1.23. The van der Waals surface area contributed by atoms with Crippen molar-refractivity contribution in [2.75, 3.05) is 29.9 Å². The summed E-state index contributed by atoms with van der Waals surface area (Å²) in [6.07, 6.45) is 11.3. The molecule has 45 heavy (non-hydrogen) atoms. The summed E-state index contributed by atoms with van der Waals surface area (Å²) < 4.78 is 0. The minimum atomic E-state index is -0.0682. The van der Waals surface area contributed by atoms with Gasteiger partial charge in [-0.05, 0) is 74.1 Å². The third-order valence-electron chi connectivity index (χ3n) is 9.71. The molecular formula is C37H43N7O. The van der Waals surface area contributed by atoms with Gasteiger partial charge in [-0.3, -0.25) is 9.80 Å². The third kappa shape index (κ3) is 6.12. The van der Waals surface area contributed by atoms with Crippen LogP contribution in [0.3, 0.4) is 0 Å².